The van der Waals surface area contributed by atoms with Crippen LogP contribution in [-0.2, 0) is 13.1 Å². The van der Waals surface area contributed by atoms with E-state index in [4.69, 9.17) is 18.0 Å². The zero-order valence-electron chi connectivity index (χ0n) is 10.2. The molecular weight excluding hydrogens is 234 g/mol. The summed E-state index contributed by atoms with van der Waals surface area (Å²) in [4.78, 5) is 7.23. The predicted octanol–water partition coefficient (Wildman–Crippen LogP) is 0.939. The second-order valence-electron chi connectivity index (χ2n) is 4.38. The molecule has 1 fully saturated rings. The number of aryl methyl sites for hydroxylation is 1. The Bertz CT molecular complexity index is 389. The lowest BCUT2D eigenvalue weighted by Crippen LogP contribution is -2.46. The predicted molar refractivity (Wildman–Crippen MR) is 70.5 cm³/mol. The highest BCUT2D eigenvalue weighted by Gasteiger charge is 2.25. The standard InChI is InChI=1S/C11H19N5S/c1-2-16-10(13-8-14-16)7-15-6-4-3-5-9(15)11(12)17/h8-9H,2-7H2,1H3,(H2,12,17). The van der Waals surface area contributed by atoms with E-state index in [1.54, 1.807) is 6.33 Å². The SMILES string of the molecule is CCn1ncnc1CN1CCCCC1C(N)=S. The van der Waals surface area contributed by atoms with Gasteiger partial charge in [0.05, 0.1) is 17.6 Å². The molecule has 2 heterocycles. The molecule has 0 aliphatic carbocycles. The van der Waals surface area contributed by atoms with E-state index in [1.165, 1.54) is 12.8 Å². The average molecular weight is 253 g/mol. The molecule has 1 aromatic heterocycles. The molecule has 0 bridgehead atoms. The van der Waals surface area contributed by atoms with Crippen LogP contribution in [0.4, 0.5) is 0 Å². The lowest BCUT2D eigenvalue weighted by Gasteiger charge is -2.34. The number of rotatable bonds is 4. The summed E-state index contributed by atoms with van der Waals surface area (Å²) in [5, 5.41) is 4.18. The van der Waals surface area contributed by atoms with Crippen molar-refractivity contribution in [1.82, 2.24) is 19.7 Å². The zero-order chi connectivity index (χ0) is 12.3. The Morgan fingerprint density at radius 1 is 1.59 bits per heavy atom. The first-order chi connectivity index (χ1) is 8.22. The minimum absolute atomic E-state index is 0.223. The molecule has 1 aromatic rings. The quantitative estimate of drug-likeness (QED) is 0.809. The summed E-state index contributed by atoms with van der Waals surface area (Å²) < 4.78 is 1.92. The molecular formula is C11H19N5S. The van der Waals surface area contributed by atoms with Crippen LogP contribution < -0.4 is 5.73 Å². The van der Waals surface area contributed by atoms with E-state index in [9.17, 15) is 0 Å². The Labute approximate surface area is 107 Å². The second kappa shape index (κ2) is 5.55. The molecule has 1 aliphatic heterocycles. The summed E-state index contributed by atoms with van der Waals surface area (Å²) in [6.07, 6.45) is 5.09. The van der Waals surface area contributed by atoms with Crippen molar-refractivity contribution in [1.29, 1.82) is 0 Å². The monoisotopic (exact) mass is 253 g/mol. The van der Waals surface area contributed by atoms with Gasteiger partial charge in [-0.1, -0.05) is 18.6 Å². The number of likely N-dealkylation sites (tertiary alicyclic amines) is 1. The van der Waals surface area contributed by atoms with Crippen molar-refractivity contribution in [3.05, 3.63) is 12.2 Å². The lowest BCUT2D eigenvalue weighted by atomic mass is 10.0. The molecule has 0 radical (unpaired) electrons. The third-order valence-corrected chi connectivity index (χ3v) is 3.55. The van der Waals surface area contributed by atoms with Crippen molar-refractivity contribution in [3.8, 4) is 0 Å². The van der Waals surface area contributed by atoms with Crippen LogP contribution >= 0.6 is 12.2 Å². The maximum Gasteiger partial charge on any atom is 0.141 e. The smallest absolute Gasteiger partial charge is 0.141 e. The van der Waals surface area contributed by atoms with Gasteiger partial charge in [0, 0.05) is 6.54 Å². The van der Waals surface area contributed by atoms with Gasteiger partial charge in [-0.15, -0.1) is 0 Å². The molecule has 1 atom stereocenters. The molecule has 1 unspecified atom stereocenters. The van der Waals surface area contributed by atoms with Gasteiger partial charge in [0.2, 0.25) is 0 Å². The van der Waals surface area contributed by atoms with Crippen LogP contribution in [0.15, 0.2) is 6.33 Å². The molecule has 1 aliphatic rings. The van der Waals surface area contributed by atoms with Crippen LogP contribution in [0.25, 0.3) is 0 Å². The second-order valence-corrected chi connectivity index (χ2v) is 4.85. The van der Waals surface area contributed by atoms with E-state index in [-0.39, 0.29) is 6.04 Å². The van der Waals surface area contributed by atoms with Gasteiger partial charge >= 0.3 is 0 Å². The van der Waals surface area contributed by atoms with Gasteiger partial charge in [0.15, 0.2) is 0 Å². The number of nitrogens with two attached hydrogens (primary N) is 1. The largest absolute Gasteiger partial charge is 0.392 e. The number of nitrogens with zero attached hydrogens (tertiary/aromatic N) is 4. The molecule has 0 aromatic carbocycles. The van der Waals surface area contributed by atoms with Crippen LogP contribution in [0.3, 0.4) is 0 Å². The van der Waals surface area contributed by atoms with Gasteiger partial charge in [-0.2, -0.15) is 5.10 Å². The number of piperidine rings is 1. The summed E-state index contributed by atoms with van der Waals surface area (Å²) in [5.74, 6) is 0.996. The van der Waals surface area contributed by atoms with Gasteiger partial charge in [-0.05, 0) is 26.3 Å². The van der Waals surface area contributed by atoms with E-state index in [0.717, 1.165) is 31.9 Å². The Morgan fingerprint density at radius 2 is 2.41 bits per heavy atom. The fraction of sp³-hybridized carbons (Fsp3) is 0.727. The van der Waals surface area contributed by atoms with E-state index >= 15 is 0 Å². The van der Waals surface area contributed by atoms with Gasteiger partial charge < -0.3 is 5.73 Å². The average Bonchev–Trinajstić information content (AvgIpc) is 2.77. The first-order valence-corrected chi connectivity index (χ1v) is 6.53. The Kier molecular flexibility index (Phi) is 4.06. The topological polar surface area (TPSA) is 60.0 Å². The third-order valence-electron chi connectivity index (χ3n) is 3.28. The highest BCUT2D eigenvalue weighted by molar-refractivity contribution is 7.80. The highest BCUT2D eigenvalue weighted by atomic mass is 32.1. The van der Waals surface area contributed by atoms with Crippen LogP contribution in [0, 0.1) is 0 Å². The number of hydrogen-bond donors (Lipinski definition) is 1. The summed E-state index contributed by atoms with van der Waals surface area (Å²) in [5.41, 5.74) is 5.80. The molecule has 1 saturated heterocycles. The fourth-order valence-corrected chi connectivity index (χ4v) is 2.63. The molecule has 17 heavy (non-hydrogen) atoms. The van der Waals surface area contributed by atoms with Crippen molar-refractivity contribution in [3.63, 3.8) is 0 Å². The summed E-state index contributed by atoms with van der Waals surface area (Å²) >= 11 is 5.14. The van der Waals surface area contributed by atoms with E-state index in [1.807, 2.05) is 4.68 Å². The molecule has 6 heteroatoms. The minimum atomic E-state index is 0.223. The van der Waals surface area contributed by atoms with Gasteiger partial charge in [0.25, 0.3) is 0 Å². The van der Waals surface area contributed by atoms with Crippen LogP contribution in [-0.4, -0.2) is 37.2 Å². The first-order valence-electron chi connectivity index (χ1n) is 6.12. The Morgan fingerprint density at radius 3 is 3.12 bits per heavy atom. The number of hydrogen-bond acceptors (Lipinski definition) is 4. The molecule has 5 nitrogen and oxygen atoms in total. The van der Waals surface area contributed by atoms with Crippen molar-refractivity contribution in [2.24, 2.45) is 5.73 Å². The van der Waals surface area contributed by atoms with E-state index < -0.39 is 0 Å². The summed E-state index contributed by atoms with van der Waals surface area (Å²) in [7, 11) is 0. The van der Waals surface area contributed by atoms with Crippen LogP contribution in [0.5, 0.6) is 0 Å². The molecule has 0 amide bonds. The van der Waals surface area contributed by atoms with Crippen LogP contribution in [0.2, 0.25) is 0 Å². The molecule has 0 saturated carbocycles. The maximum atomic E-state index is 5.80. The van der Waals surface area contributed by atoms with Crippen molar-refractivity contribution in [2.45, 2.75) is 45.3 Å². The minimum Gasteiger partial charge on any atom is -0.392 e. The van der Waals surface area contributed by atoms with Gasteiger partial charge in [0.1, 0.15) is 12.2 Å². The number of aromatic nitrogens is 3. The molecule has 2 N–H and O–H groups in total. The van der Waals surface area contributed by atoms with Crippen molar-refractivity contribution in [2.75, 3.05) is 6.54 Å². The highest BCUT2D eigenvalue weighted by Crippen LogP contribution is 2.19. The van der Waals surface area contributed by atoms with Gasteiger partial charge in [-0.3, -0.25) is 4.90 Å². The first kappa shape index (κ1) is 12.4. The zero-order valence-corrected chi connectivity index (χ0v) is 11.0. The normalized spacial score (nSPS) is 21.6. The van der Waals surface area contributed by atoms with Crippen molar-refractivity contribution >= 4 is 17.2 Å². The third kappa shape index (κ3) is 2.81. The lowest BCUT2D eigenvalue weighted by molar-refractivity contribution is 0.177. The van der Waals surface area contributed by atoms with Crippen LogP contribution in [0.1, 0.15) is 32.0 Å². The number of thiocarbonyl (C=S) groups is 1. The van der Waals surface area contributed by atoms with Gasteiger partial charge in [-0.25, -0.2) is 9.67 Å². The van der Waals surface area contributed by atoms with E-state index in [0.29, 0.717) is 4.99 Å². The molecule has 2 rings (SSSR count). The Balaban J connectivity index is 2.08. The summed E-state index contributed by atoms with van der Waals surface area (Å²) in [6.45, 7) is 4.74. The molecule has 94 valence electrons. The Hall–Kier alpha value is -1.01. The fourth-order valence-electron chi connectivity index (χ4n) is 2.36. The van der Waals surface area contributed by atoms with E-state index in [2.05, 4.69) is 21.9 Å². The summed E-state index contributed by atoms with van der Waals surface area (Å²) in [6, 6.07) is 0.223. The molecule has 0 spiro atoms. The maximum absolute atomic E-state index is 5.80. The van der Waals surface area contributed by atoms with Crippen molar-refractivity contribution < 1.29 is 0 Å².